The van der Waals surface area contributed by atoms with E-state index >= 15 is 0 Å². The first-order chi connectivity index (χ1) is 7.04. The van der Waals surface area contributed by atoms with Crippen molar-refractivity contribution in [2.75, 3.05) is 6.54 Å². The molecule has 2 heteroatoms. The predicted molar refractivity (Wildman–Crippen MR) is 70.4 cm³/mol. The van der Waals surface area contributed by atoms with Crippen LogP contribution in [0.15, 0.2) is 43.0 Å². The zero-order valence-corrected chi connectivity index (χ0v) is 11.0. The van der Waals surface area contributed by atoms with E-state index in [1.807, 2.05) is 6.08 Å². The molecule has 82 valence electrons. The van der Waals surface area contributed by atoms with Crippen molar-refractivity contribution in [3.63, 3.8) is 0 Å². The molecule has 0 N–H and O–H groups in total. The van der Waals surface area contributed by atoms with Crippen molar-refractivity contribution in [2.45, 2.75) is 26.2 Å². The maximum atomic E-state index is 3.84. The summed E-state index contributed by atoms with van der Waals surface area (Å²) in [6.45, 7) is 13.0. The summed E-state index contributed by atoms with van der Waals surface area (Å²) in [5.74, 6) is 0. The molecule has 0 fully saturated rings. The van der Waals surface area contributed by atoms with E-state index in [9.17, 15) is 0 Å². The van der Waals surface area contributed by atoms with Gasteiger partial charge in [-0.1, -0.05) is 56.0 Å². The molecule has 0 saturated carbocycles. The van der Waals surface area contributed by atoms with E-state index in [-0.39, 0.29) is 0 Å². The van der Waals surface area contributed by atoms with Gasteiger partial charge < -0.3 is 4.57 Å². The van der Waals surface area contributed by atoms with Crippen molar-refractivity contribution >= 4 is 8.24 Å². The van der Waals surface area contributed by atoms with Crippen molar-refractivity contribution in [3.8, 4) is 0 Å². The summed E-state index contributed by atoms with van der Waals surface area (Å²) in [6.07, 6.45) is 2.00. The molecule has 1 nitrogen and oxygen atoms in total. The second-order valence-electron chi connectivity index (χ2n) is 4.83. The van der Waals surface area contributed by atoms with Gasteiger partial charge >= 0.3 is 0 Å². The van der Waals surface area contributed by atoms with Crippen LogP contribution in [0.1, 0.15) is 5.56 Å². The van der Waals surface area contributed by atoms with Crippen LogP contribution in [0.5, 0.6) is 0 Å². The van der Waals surface area contributed by atoms with Crippen molar-refractivity contribution in [3.05, 3.63) is 48.6 Å². The lowest BCUT2D eigenvalue weighted by atomic mass is 10.2. The van der Waals surface area contributed by atoms with Crippen LogP contribution in [0.2, 0.25) is 19.6 Å². The SMILES string of the molecule is C=CCN(Cc1ccccc1)[Si](C)(C)C. The van der Waals surface area contributed by atoms with Crippen molar-refractivity contribution in [1.82, 2.24) is 4.57 Å². The quantitative estimate of drug-likeness (QED) is 0.541. The Hall–Kier alpha value is -0.863. The Bertz CT molecular complexity index is 300. The highest BCUT2D eigenvalue weighted by Crippen LogP contribution is 2.13. The molecule has 0 aliphatic heterocycles. The van der Waals surface area contributed by atoms with E-state index in [0.29, 0.717) is 0 Å². The van der Waals surface area contributed by atoms with Crippen LogP contribution >= 0.6 is 0 Å². The van der Waals surface area contributed by atoms with Crippen LogP contribution in [-0.2, 0) is 6.54 Å². The third-order valence-corrected chi connectivity index (χ3v) is 4.75. The highest BCUT2D eigenvalue weighted by Gasteiger charge is 2.22. The average Bonchev–Trinajstić information content (AvgIpc) is 2.17. The Morgan fingerprint density at radius 2 is 1.80 bits per heavy atom. The molecule has 0 saturated heterocycles. The van der Waals surface area contributed by atoms with E-state index in [2.05, 4.69) is 61.1 Å². The molecule has 1 rings (SSSR count). The van der Waals surface area contributed by atoms with E-state index in [4.69, 9.17) is 0 Å². The molecule has 0 amide bonds. The zero-order chi connectivity index (χ0) is 11.3. The van der Waals surface area contributed by atoms with Crippen LogP contribution in [0.4, 0.5) is 0 Å². The molecule has 1 aromatic carbocycles. The monoisotopic (exact) mass is 219 g/mol. The molecule has 1 aromatic rings. The third-order valence-electron chi connectivity index (χ3n) is 2.51. The van der Waals surface area contributed by atoms with E-state index in [1.54, 1.807) is 0 Å². The van der Waals surface area contributed by atoms with Crippen LogP contribution in [0.25, 0.3) is 0 Å². The summed E-state index contributed by atoms with van der Waals surface area (Å²) in [5, 5.41) is 0. The van der Waals surface area contributed by atoms with Gasteiger partial charge in [0.25, 0.3) is 0 Å². The predicted octanol–water partition coefficient (Wildman–Crippen LogP) is 3.51. The zero-order valence-electron chi connectivity index (χ0n) is 10.0. The molecule has 0 aliphatic carbocycles. The number of rotatable bonds is 5. The van der Waals surface area contributed by atoms with Gasteiger partial charge in [0.2, 0.25) is 0 Å². The Kier molecular flexibility index (Phi) is 4.30. The minimum absolute atomic E-state index is 0.991. The van der Waals surface area contributed by atoms with Crippen LogP contribution in [0, 0.1) is 0 Å². The number of benzene rings is 1. The van der Waals surface area contributed by atoms with Crippen LogP contribution in [0.3, 0.4) is 0 Å². The highest BCUT2D eigenvalue weighted by atomic mass is 28.3. The minimum atomic E-state index is -1.23. The number of nitrogens with zero attached hydrogens (tertiary/aromatic N) is 1. The fourth-order valence-corrected chi connectivity index (χ4v) is 2.87. The maximum absolute atomic E-state index is 3.84. The molecule has 0 unspecified atom stereocenters. The molecule has 15 heavy (non-hydrogen) atoms. The number of hydrogen-bond donors (Lipinski definition) is 0. The van der Waals surface area contributed by atoms with Gasteiger partial charge in [-0.3, -0.25) is 0 Å². The molecule has 0 radical (unpaired) electrons. The van der Waals surface area contributed by atoms with Crippen LogP contribution < -0.4 is 0 Å². The smallest absolute Gasteiger partial charge is 0.119 e. The topological polar surface area (TPSA) is 3.24 Å². The average molecular weight is 219 g/mol. The molecule has 0 aromatic heterocycles. The standard InChI is InChI=1S/C13H21NSi/c1-5-11-14(15(2,3)4)12-13-9-7-6-8-10-13/h5-10H,1,11-12H2,2-4H3. The minimum Gasteiger partial charge on any atom is -0.317 e. The summed E-state index contributed by atoms with van der Waals surface area (Å²) < 4.78 is 2.55. The summed E-state index contributed by atoms with van der Waals surface area (Å²) in [5.41, 5.74) is 1.39. The van der Waals surface area contributed by atoms with Gasteiger partial charge in [-0.25, -0.2) is 0 Å². The molecule has 0 atom stereocenters. The molecular weight excluding hydrogens is 198 g/mol. The third kappa shape index (κ3) is 4.02. The Morgan fingerprint density at radius 1 is 1.20 bits per heavy atom. The molecule has 0 spiro atoms. The summed E-state index contributed by atoms with van der Waals surface area (Å²) in [4.78, 5) is 0. The Balaban J connectivity index is 2.71. The second-order valence-corrected chi connectivity index (χ2v) is 9.80. The first-order valence-electron chi connectivity index (χ1n) is 5.44. The van der Waals surface area contributed by atoms with Gasteiger partial charge in [-0.05, 0) is 5.56 Å². The van der Waals surface area contributed by atoms with Gasteiger partial charge in [-0.2, -0.15) is 0 Å². The van der Waals surface area contributed by atoms with E-state index < -0.39 is 8.24 Å². The lowest BCUT2D eigenvalue weighted by Crippen LogP contribution is -2.45. The maximum Gasteiger partial charge on any atom is 0.119 e. The first-order valence-corrected chi connectivity index (χ1v) is 8.88. The molecule has 0 bridgehead atoms. The molecular formula is C13H21NSi. The van der Waals surface area contributed by atoms with Gasteiger partial charge in [0, 0.05) is 13.1 Å². The number of hydrogen-bond acceptors (Lipinski definition) is 1. The van der Waals surface area contributed by atoms with Crippen molar-refractivity contribution < 1.29 is 0 Å². The Morgan fingerprint density at radius 3 is 2.27 bits per heavy atom. The lowest BCUT2D eigenvalue weighted by molar-refractivity contribution is 0.461. The molecule has 0 heterocycles. The summed E-state index contributed by atoms with van der Waals surface area (Å²) in [6, 6.07) is 10.7. The highest BCUT2D eigenvalue weighted by molar-refractivity contribution is 6.73. The summed E-state index contributed by atoms with van der Waals surface area (Å²) in [7, 11) is -1.23. The van der Waals surface area contributed by atoms with Gasteiger partial charge in [0.1, 0.15) is 8.24 Å². The lowest BCUT2D eigenvalue weighted by Gasteiger charge is -2.33. The van der Waals surface area contributed by atoms with E-state index in [0.717, 1.165) is 13.1 Å². The fourth-order valence-electron chi connectivity index (χ4n) is 1.54. The Labute approximate surface area is 94.5 Å². The normalized spacial score (nSPS) is 11.7. The van der Waals surface area contributed by atoms with Crippen molar-refractivity contribution in [2.24, 2.45) is 0 Å². The summed E-state index contributed by atoms with van der Waals surface area (Å²) >= 11 is 0. The van der Waals surface area contributed by atoms with Gasteiger partial charge in [0.05, 0.1) is 0 Å². The fraction of sp³-hybridized carbons (Fsp3) is 0.385. The van der Waals surface area contributed by atoms with Gasteiger partial charge in [0.15, 0.2) is 0 Å². The van der Waals surface area contributed by atoms with Gasteiger partial charge in [-0.15, -0.1) is 6.58 Å². The van der Waals surface area contributed by atoms with Crippen molar-refractivity contribution in [1.29, 1.82) is 0 Å². The van der Waals surface area contributed by atoms with Crippen LogP contribution in [-0.4, -0.2) is 19.3 Å². The first kappa shape index (κ1) is 12.2. The van der Waals surface area contributed by atoms with E-state index in [1.165, 1.54) is 5.56 Å². The second kappa shape index (κ2) is 5.28. The largest absolute Gasteiger partial charge is 0.317 e. The molecule has 0 aliphatic rings.